The van der Waals surface area contributed by atoms with Gasteiger partial charge in [0.15, 0.2) is 4.77 Å². The maximum atomic E-state index is 13.8. The molecule has 1 aliphatic heterocycles. The molecule has 1 amide bonds. The average Bonchev–Trinajstić information content (AvgIpc) is 2.99. The van der Waals surface area contributed by atoms with Crippen LogP contribution in [0.15, 0.2) is 18.2 Å². The molecule has 1 fully saturated rings. The van der Waals surface area contributed by atoms with Crippen LogP contribution < -0.4 is 0 Å². The number of hydrogen-bond donors (Lipinski definition) is 1. The van der Waals surface area contributed by atoms with E-state index in [9.17, 15) is 9.18 Å². The number of benzene rings is 1. The van der Waals surface area contributed by atoms with E-state index in [0.29, 0.717) is 22.8 Å². The summed E-state index contributed by atoms with van der Waals surface area (Å²) in [4.78, 5) is 16.8. The van der Waals surface area contributed by atoms with Crippen LogP contribution in [-0.2, 0) is 23.2 Å². The third-order valence-corrected chi connectivity index (χ3v) is 5.75. The minimum absolute atomic E-state index is 0.0293. The Kier molecular flexibility index (Phi) is 3.41. The van der Waals surface area contributed by atoms with Crippen molar-refractivity contribution in [2.24, 2.45) is 0 Å². The van der Waals surface area contributed by atoms with Crippen molar-refractivity contribution in [2.45, 2.75) is 30.7 Å². The van der Waals surface area contributed by atoms with Crippen LogP contribution in [0.1, 0.15) is 29.3 Å². The molecule has 2 aromatic rings. The summed E-state index contributed by atoms with van der Waals surface area (Å²) < 4.78 is 16.5. The fraction of sp³-hybridized carbons (Fsp3) is 0.412. The second kappa shape index (κ2) is 5.17. The van der Waals surface area contributed by atoms with Crippen molar-refractivity contribution in [3.8, 4) is 0 Å². The number of fused-ring (bicyclic) bond motifs is 3. The van der Waals surface area contributed by atoms with Gasteiger partial charge in [-0.2, -0.15) is 0 Å². The van der Waals surface area contributed by atoms with Gasteiger partial charge in [0.25, 0.3) is 0 Å². The summed E-state index contributed by atoms with van der Waals surface area (Å²) in [5.74, 6) is -0.0304. The fourth-order valence-electron chi connectivity index (χ4n) is 3.90. The Morgan fingerprint density at radius 2 is 2.25 bits per heavy atom. The number of H-pyrrole nitrogens is 1. The van der Waals surface area contributed by atoms with Crippen LogP contribution in [0.3, 0.4) is 0 Å². The molecule has 0 unspecified atom stereocenters. The summed E-state index contributed by atoms with van der Waals surface area (Å²) in [6.07, 6.45) is 1.23. The van der Waals surface area contributed by atoms with Crippen molar-refractivity contribution in [3.05, 3.63) is 50.8 Å². The van der Waals surface area contributed by atoms with Crippen LogP contribution >= 0.6 is 23.8 Å². The van der Waals surface area contributed by atoms with Gasteiger partial charge >= 0.3 is 0 Å². The lowest BCUT2D eigenvalue weighted by atomic mass is 9.94. The van der Waals surface area contributed by atoms with E-state index in [-0.39, 0.29) is 23.1 Å². The Hall–Kier alpha value is -1.66. The molecule has 4 rings (SSSR count). The Labute approximate surface area is 149 Å². The first-order chi connectivity index (χ1) is 11.3. The number of amides is 1. The molecule has 0 radical (unpaired) electrons. The largest absolute Gasteiger partial charge is 0.348 e. The number of likely N-dealkylation sites (N-methyl/N-ethyl adjacent to an activating group) is 1. The lowest BCUT2D eigenvalue weighted by molar-refractivity contribution is -0.128. The number of hydrogen-bond acceptors (Lipinski definition) is 2. The molecule has 7 heteroatoms. The molecule has 2 atom stereocenters. The molecule has 1 aliphatic carbocycles. The number of aromatic nitrogens is 2. The molecule has 126 valence electrons. The average molecular weight is 366 g/mol. The third kappa shape index (κ3) is 2.24. The first-order valence-electron chi connectivity index (χ1n) is 7.80. The second-order valence-corrected chi connectivity index (χ2v) is 7.74. The van der Waals surface area contributed by atoms with Crippen LogP contribution in [0.2, 0.25) is 5.02 Å². The highest BCUT2D eigenvalue weighted by atomic mass is 35.5. The quantitative estimate of drug-likeness (QED) is 0.847. The standard InChI is InChI=1S/C17H17ClFN3OS/c1-21(2)14(23)6-13-15-12-7-17(12,8-22(15)16(24)20-13)9-3-10(18)5-11(19)4-9/h3-5,12H,6-8H2,1-2H3,(H,20,24)/t12-,17+/m0/s1. The molecule has 1 N–H and O–H groups in total. The number of nitrogens with zero attached hydrogens (tertiary/aromatic N) is 2. The molecule has 0 bridgehead atoms. The normalized spacial score (nSPS) is 23.8. The highest BCUT2D eigenvalue weighted by molar-refractivity contribution is 7.71. The predicted octanol–water partition coefficient (Wildman–Crippen LogP) is 3.41. The van der Waals surface area contributed by atoms with Gasteiger partial charge in [0.1, 0.15) is 5.82 Å². The van der Waals surface area contributed by atoms with Crippen LogP contribution in [0.5, 0.6) is 0 Å². The van der Waals surface area contributed by atoms with E-state index in [1.165, 1.54) is 6.07 Å². The molecule has 2 heterocycles. The Morgan fingerprint density at radius 1 is 1.50 bits per heavy atom. The van der Waals surface area contributed by atoms with E-state index in [1.807, 2.05) is 6.07 Å². The van der Waals surface area contributed by atoms with Gasteiger partial charge in [0.05, 0.1) is 6.42 Å². The molecule has 0 saturated heterocycles. The maximum Gasteiger partial charge on any atom is 0.228 e. The Balaban J connectivity index is 1.72. The molecular formula is C17H17ClFN3OS. The molecule has 0 spiro atoms. The van der Waals surface area contributed by atoms with E-state index in [1.54, 1.807) is 25.1 Å². The van der Waals surface area contributed by atoms with Crippen molar-refractivity contribution in [1.82, 2.24) is 14.5 Å². The Bertz CT molecular complexity index is 899. The van der Waals surface area contributed by atoms with Gasteiger partial charge < -0.3 is 14.5 Å². The number of halogens is 2. The van der Waals surface area contributed by atoms with E-state index >= 15 is 0 Å². The first kappa shape index (κ1) is 15.8. The summed E-state index contributed by atoms with van der Waals surface area (Å²) in [6.45, 7) is 0.707. The van der Waals surface area contributed by atoms with Gasteiger partial charge in [-0.1, -0.05) is 11.6 Å². The molecule has 1 aromatic heterocycles. The van der Waals surface area contributed by atoms with E-state index < -0.39 is 0 Å². The topological polar surface area (TPSA) is 41.0 Å². The summed E-state index contributed by atoms with van der Waals surface area (Å²) in [7, 11) is 3.48. The molecule has 24 heavy (non-hydrogen) atoms. The fourth-order valence-corrected chi connectivity index (χ4v) is 4.41. The number of rotatable bonds is 3. The van der Waals surface area contributed by atoms with E-state index in [0.717, 1.165) is 23.4 Å². The van der Waals surface area contributed by atoms with Gasteiger partial charge in [-0.25, -0.2) is 4.39 Å². The number of imidazole rings is 1. The van der Waals surface area contributed by atoms with Gasteiger partial charge in [0.2, 0.25) is 5.91 Å². The second-order valence-electron chi connectivity index (χ2n) is 6.92. The lowest BCUT2D eigenvalue weighted by Gasteiger charge is -2.13. The third-order valence-electron chi connectivity index (χ3n) is 5.21. The van der Waals surface area contributed by atoms with Crippen LogP contribution in [0.25, 0.3) is 0 Å². The summed E-state index contributed by atoms with van der Waals surface area (Å²) >= 11 is 11.5. The van der Waals surface area contributed by atoms with E-state index in [2.05, 4.69) is 9.55 Å². The minimum atomic E-state index is -0.317. The van der Waals surface area contributed by atoms with Crippen molar-refractivity contribution in [3.63, 3.8) is 0 Å². The van der Waals surface area contributed by atoms with Crippen molar-refractivity contribution in [2.75, 3.05) is 14.1 Å². The maximum absolute atomic E-state index is 13.8. The van der Waals surface area contributed by atoms with Crippen LogP contribution in [-0.4, -0.2) is 34.5 Å². The monoisotopic (exact) mass is 365 g/mol. The predicted molar refractivity (Wildman–Crippen MR) is 92.5 cm³/mol. The van der Waals surface area contributed by atoms with Gasteiger partial charge in [-0.15, -0.1) is 0 Å². The molecule has 4 nitrogen and oxygen atoms in total. The first-order valence-corrected chi connectivity index (χ1v) is 8.59. The van der Waals surface area contributed by atoms with E-state index in [4.69, 9.17) is 23.8 Å². The summed E-state index contributed by atoms with van der Waals surface area (Å²) in [5, 5.41) is 0.412. The summed E-state index contributed by atoms with van der Waals surface area (Å²) in [5.41, 5.74) is 2.75. The highest BCUT2D eigenvalue weighted by Gasteiger charge is 2.62. The van der Waals surface area contributed by atoms with Gasteiger partial charge in [0, 0.05) is 48.4 Å². The number of nitrogens with one attached hydrogen (secondary N) is 1. The molecule has 1 saturated carbocycles. The Morgan fingerprint density at radius 3 is 2.92 bits per heavy atom. The SMILES string of the molecule is CN(C)C(=O)Cc1[nH]c(=S)n2c1[C@@H]1C[C@]1(c1cc(F)cc(Cl)c1)C2. The van der Waals surface area contributed by atoms with Crippen molar-refractivity contribution < 1.29 is 9.18 Å². The van der Waals surface area contributed by atoms with Gasteiger partial charge in [-0.3, -0.25) is 4.79 Å². The van der Waals surface area contributed by atoms with Crippen molar-refractivity contribution >= 4 is 29.7 Å². The zero-order chi connectivity index (χ0) is 17.2. The number of aromatic amines is 1. The number of carbonyl (C=O) groups excluding carboxylic acids is 1. The molecule has 2 aliphatic rings. The number of carbonyl (C=O) groups is 1. The zero-order valence-electron chi connectivity index (χ0n) is 13.4. The minimum Gasteiger partial charge on any atom is -0.348 e. The molecular weight excluding hydrogens is 349 g/mol. The van der Waals surface area contributed by atoms with Crippen LogP contribution in [0.4, 0.5) is 4.39 Å². The van der Waals surface area contributed by atoms with Crippen LogP contribution in [0, 0.1) is 10.6 Å². The van der Waals surface area contributed by atoms with Crippen molar-refractivity contribution in [1.29, 1.82) is 0 Å². The highest BCUT2D eigenvalue weighted by Crippen LogP contribution is 2.66. The zero-order valence-corrected chi connectivity index (χ0v) is 15.0. The van der Waals surface area contributed by atoms with Gasteiger partial charge in [-0.05, 0) is 42.4 Å². The summed E-state index contributed by atoms with van der Waals surface area (Å²) in [6, 6.07) is 4.73. The molecule has 1 aromatic carbocycles. The smallest absolute Gasteiger partial charge is 0.228 e. The lowest BCUT2D eigenvalue weighted by Crippen LogP contribution is -2.24.